The van der Waals surface area contributed by atoms with Crippen LogP contribution < -0.4 is 0 Å². The first-order chi connectivity index (χ1) is 10.9. The van der Waals surface area contributed by atoms with Gasteiger partial charge in [-0.3, -0.25) is 0 Å². The lowest BCUT2D eigenvalue weighted by Gasteiger charge is -2.24. The van der Waals surface area contributed by atoms with Gasteiger partial charge in [0.2, 0.25) is 0 Å². The van der Waals surface area contributed by atoms with E-state index in [2.05, 4.69) is 10.1 Å². The third-order valence-corrected chi connectivity index (χ3v) is 4.26. The molecule has 2 aromatic rings. The van der Waals surface area contributed by atoms with Crippen molar-refractivity contribution in [2.24, 2.45) is 0 Å². The number of carboxylic acid groups (broad SMARTS) is 1. The highest BCUT2D eigenvalue weighted by atomic mass is 32.1. The zero-order valence-corrected chi connectivity index (χ0v) is 12.5. The first-order valence-electron chi connectivity index (χ1n) is 6.84. The van der Waals surface area contributed by atoms with Gasteiger partial charge in [-0.25, -0.2) is 14.5 Å². The molecule has 0 bridgehead atoms. The Balaban J connectivity index is 2.05. The van der Waals surface area contributed by atoms with E-state index in [1.54, 1.807) is 0 Å². The minimum atomic E-state index is -4.60. The quantitative estimate of drug-likeness (QED) is 0.920. The number of aromatic nitrogens is 3. The van der Waals surface area contributed by atoms with Crippen molar-refractivity contribution in [3.63, 3.8) is 0 Å². The van der Waals surface area contributed by atoms with Crippen molar-refractivity contribution < 1.29 is 27.8 Å². The Morgan fingerprint density at radius 1 is 1.43 bits per heavy atom. The number of hydrogen-bond donors (Lipinski definition) is 1. The topological polar surface area (TPSA) is 77.2 Å². The van der Waals surface area contributed by atoms with E-state index in [1.165, 1.54) is 5.38 Å². The Kier molecular flexibility index (Phi) is 4.11. The predicted molar refractivity (Wildman–Crippen MR) is 74.1 cm³/mol. The van der Waals surface area contributed by atoms with Gasteiger partial charge in [0, 0.05) is 12.0 Å². The Morgan fingerprint density at radius 2 is 2.22 bits per heavy atom. The van der Waals surface area contributed by atoms with E-state index in [0.29, 0.717) is 13.0 Å². The van der Waals surface area contributed by atoms with Crippen LogP contribution in [0.3, 0.4) is 0 Å². The van der Waals surface area contributed by atoms with E-state index < -0.39 is 24.1 Å². The molecule has 0 radical (unpaired) electrons. The summed E-state index contributed by atoms with van der Waals surface area (Å²) in [6.07, 6.45) is -2.99. The highest BCUT2D eigenvalue weighted by Crippen LogP contribution is 2.36. The van der Waals surface area contributed by atoms with Crippen LogP contribution in [0.2, 0.25) is 0 Å². The van der Waals surface area contributed by atoms with Crippen LogP contribution in [-0.4, -0.2) is 32.4 Å². The number of hydrogen-bond acceptors (Lipinski definition) is 5. The maximum atomic E-state index is 13.0. The van der Waals surface area contributed by atoms with Gasteiger partial charge in [-0.05, 0) is 25.3 Å². The summed E-state index contributed by atoms with van der Waals surface area (Å²) in [4.78, 5) is 14.8. The number of halogens is 3. The Hall–Kier alpha value is -1.94. The molecule has 0 aliphatic carbocycles. The minimum Gasteiger partial charge on any atom is -0.476 e. The van der Waals surface area contributed by atoms with Crippen molar-refractivity contribution in [2.45, 2.75) is 31.7 Å². The first-order valence-corrected chi connectivity index (χ1v) is 7.72. The van der Waals surface area contributed by atoms with Crippen LogP contribution in [0.15, 0.2) is 11.4 Å². The van der Waals surface area contributed by atoms with E-state index in [-0.39, 0.29) is 16.4 Å². The molecule has 3 heterocycles. The molecule has 1 saturated heterocycles. The number of rotatable bonds is 3. The van der Waals surface area contributed by atoms with Crippen molar-refractivity contribution in [2.75, 3.05) is 6.61 Å². The summed E-state index contributed by atoms with van der Waals surface area (Å²) in [5.74, 6) is -1.23. The van der Waals surface area contributed by atoms with Gasteiger partial charge in [0.15, 0.2) is 17.6 Å². The van der Waals surface area contributed by atoms with Crippen molar-refractivity contribution in [1.29, 1.82) is 0 Å². The van der Waals surface area contributed by atoms with Crippen LogP contribution in [0, 0.1) is 0 Å². The standard InChI is InChI=1S/C13H12F3N3O3S/c14-13(15,16)9-5-8(11-17-7(6-23-11)12(20)21)19(18-9)10-3-1-2-4-22-10/h5-6,10H,1-4H2,(H,20,21). The molecule has 6 nitrogen and oxygen atoms in total. The maximum absolute atomic E-state index is 13.0. The highest BCUT2D eigenvalue weighted by molar-refractivity contribution is 7.13. The van der Waals surface area contributed by atoms with Gasteiger partial charge in [0.05, 0.1) is 0 Å². The van der Waals surface area contributed by atoms with Crippen LogP contribution in [0.25, 0.3) is 10.7 Å². The molecule has 124 valence electrons. The average Bonchev–Trinajstić information content (AvgIpc) is 3.14. The van der Waals surface area contributed by atoms with Crippen LogP contribution in [0.1, 0.15) is 41.7 Å². The Labute approximate surface area is 132 Å². The number of thiazole rings is 1. The normalized spacial score (nSPS) is 19.0. The van der Waals surface area contributed by atoms with Crippen LogP contribution in [0.4, 0.5) is 13.2 Å². The molecule has 0 saturated carbocycles. The largest absolute Gasteiger partial charge is 0.476 e. The molecule has 1 aliphatic rings. The third kappa shape index (κ3) is 3.22. The summed E-state index contributed by atoms with van der Waals surface area (Å²) < 4.78 is 45.6. The molecule has 1 N–H and O–H groups in total. The van der Waals surface area contributed by atoms with Crippen LogP contribution in [-0.2, 0) is 10.9 Å². The van der Waals surface area contributed by atoms with E-state index in [1.807, 2.05) is 0 Å². The van der Waals surface area contributed by atoms with E-state index in [9.17, 15) is 18.0 Å². The zero-order chi connectivity index (χ0) is 16.6. The van der Waals surface area contributed by atoms with E-state index >= 15 is 0 Å². The SMILES string of the molecule is O=C(O)c1csc(-c2cc(C(F)(F)F)nn2C2CCCCO2)n1. The summed E-state index contributed by atoms with van der Waals surface area (Å²) in [5, 5.41) is 14.0. The van der Waals surface area contributed by atoms with Gasteiger partial charge in [-0.1, -0.05) is 0 Å². The molecule has 0 spiro atoms. The second kappa shape index (κ2) is 5.93. The average molecular weight is 347 g/mol. The molecule has 1 aliphatic heterocycles. The number of aromatic carboxylic acids is 1. The lowest BCUT2D eigenvalue weighted by Crippen LogP contribution is -2.20. The smallest absolute Gasteiger partial charge is 0.435 e. The molecule has 1 atom stereocenters. The number of alkyl halides is 3. The van der Waals surface area contributed by atoms with Gasteiger partial charge >= 0.3 is 12.1 Å². The lowest BCUT2D eigenvalue weighted by molar-refractivity contribution is -0.142. The van der Waals surface area contributed by atoms with Crippen molar-refractivity contribution in [3.8, 4) is 10.7 Å². The fourth-order valence-corrected chi connectivity index (χ4v) is 3.12. The van der Waals surface area contributed by atoms with Gasteiger partial charge in [-0.2, -0.15) is 18.3 Å². The number of carboxylic acids is 1. The molecule has 0 amide bonds. The molecule has 0 aromatic carbocycles. The zero-order valence-electron chi connectivity index (χ0n) is 11.7. The number of carbonyl (C=O) groups is 1. The molecule has 1 unspecified atom stereocenters. The molecule has 10 heteroatoms. The summed E-state index contributed by atoms with van der Waals surface area (Å²) in [5.41, 5.74) is -1.15. The second-order valence-electron chi connectivity index (χ2n) is 5.02. The number of nitrogens with zero attached hydrogens (tertiary/aromatic N) is 3. The van der Waals surface area contributed by atoms with Crippen molar-refractivity contribution >= 4 is 17.3 Å². The van der Waals surface area contributed by atoms with Crippen LogP contribution >= 0.6 is 11.3 Å². The molecule has 23 heavy (non-hydrogen) atoms. The second-order valence-corrected chi connectivity index (χ2v) is 5.88. The van der Waals surface area contributed by atoms with Crippen LogP contribution in [0.5, 0.6) is 0 Å². The Morgan fingerprint density at radius 3 is 2.78 bits per heavy atom. The maximum Gasteiger partial charge on any atom is 0.435 e. The fourth-order valence-electron chi connectivity index (χ4n) is 2.32. The van der Waals surface area contributed by atoms with E-state index in [0.717, 1.165) is 34.9 Å². The summed E-state index contributed by atoms with van der Waals surface area (Å²) in [7, 11) is 0. The lowest BCUT2D eigenvalue weighted by atomic mass is 10.2. The molecular weight excluding hydrogens is 335 g/mol. The van der Waals surface area contributed by atoms with Crippen molar-refractivity contribution in [3.05, 3.63) is 22.8 Å². The monoisotopic (exact) mass is 347 g/mol. The summed E-state index contributed by atoms with van der Waals surface area (Å²) >= 11 is 0.957. The predicted octanol–water partition coefficient (Wildman–Crippen LogP) is 3.42. The molecular formula is C13H12F3N3O3S. The molecule has 3 rings (SSSR count). The van der Waals surface area contributed by atoms with Gasteiger partial charge < -0.3 is 9.84 Å². The summed E-state index contributed by atoms with van der Waals surface area (Å²) in [6, 6.07) is 0.877. The first kappa shape index (κ1) is 15.9. The highest BCUT2D eigenvalue weighted by Gasteiger charge is 2.37. The van der Waals surface area contributed by atoms with E-state index in [4.69, 9.17) is 9.84 Å². The minimum absolute atomic E-state index is 0.113. The van der Waals surface area contributed by atoms with Gasteiger partial charge in [0.25, 0.3) is 0 Å². The van der Waals surface area contributed by atoms with Gasteiger partial charge in [-0.15, -0.1) is 11.3 Å². The van der Waals surface area contributed by atoms with Gasteiger partial charge in [0.1, 0.15) is 10.7 Å². The number of ether oxygens (including phenoxy) is 1. The van der Waals surface area contributed by atoms with Crippen molar-refractivity contribution in [1.82, 2.24) is 14.8 Å². The fraction of sp³-hybridized carbons (Fsp3) is 0.462. The molecule has 2 aromatic heterocycles. The summed E-state index contributed by atoms with van der Waals surface area (Å²) in [6.45, 7) is 0.448. The molecule has 1 fully saturated rings. The third-order valence-electron chi connectivity index (χ3n) is 3.40. The Bertz CT molecular complexity index is 720.